The molecule has 2 aromatic rings. The number of amidine groups is 1. The van der Waals surface area contributed by atoms with Gasteiger partial charge >= 0.3 is 0 Å². The molecule has 5 N–H and O–H groups in total. The monoisotopic (exact) mass is 311 g/mol. The average Bonchev–Trinajstić information content (AvgIpc) is 3.00. The number of hydrogen-bond donors (Lipinski definition) is 4. The fraction of sp³-hybridized carbons (Fsp3) is 0.0909. The summed E-state index contributed by atoms with van der Waals surface area (Å²) in [6.07, 6.45) is 2.43. The SMILES string of the molecule is N/C(COc1ccccc1NS(=O)(=O)c1cn[nH]c1)=N\O. The molecule has 0 bridgehead atoms. The van der Waals surface area contributed by atoms with Gasteiger partial charge in [-0.05, 0) is 12.1 Å². The molecular weight excluding hydrogens is 298 g/mol. The van der Waals surface area contributed by atoms with Crippen LogP contribution in [-0.2, 0) is 10.0 Å². The second-order valence-corrected chi connectivity index (χ2v) is 5.60. The molecular formula is C11H13N5O4S. The third-order valence-electron chi connectivity index (χ3n) is 2.42. The summed E-state index contributed by atoms with van der Waals surface area (Å²) in [6, 6.07) is 6.39. The van der Waals surface area contributed by atoms with Crippen LogP contribution in [0, 0.1) is 0 Å². The fourth-order valence-electron chi connectivity index (χ4n) is 1.45. The zero-order valence-corrected chi connectivity index (χ0v) is 11.5. The molecule has 2 rings (SSSR count). The molecule has 0 fully saturated rings. The number of benzene rings is 1. The number of hydrogen-bond acceptors (Lipinski definition) is 6. The van der Waals surface area contributed by atoms with Crippen molar-refractivity contribution in [1.82, 2.24) is 10.2 Å². The number of nitrogens with one attached hydrogen (secondary N) is 2. The number of anilines is 1. The Morgan fingerprint density at radius 1 is 1.48 bits per heavy atom. The minimum atomic E-state index is -3.77. The molecule has 9 nitrogen and oxygen atoms in total. The zero-order chi connectivity index (χ0) is 15.3. The molecule has 1 heterocycles. The van der Waals surface area contributed by atoms with Gasteiger partial charge in [-0.1, -0.05) is 17.3 Å². The number of aromatic amines is 1. The molecule has 1 aromatic heterocycles. The third kappa shape index (κ3) is 3.63. The van der Waals surface area contributed by atoms with E-state index in [0.717, 1.165) is 0 Å². The van der Waals surface area contributed by atoms with E-state index in [1.165, 1.54) is 18.5 Å². The van der Waals surface area contributed by atoms with Crippen molar-refractivity contribution in [1.29, 1.82) is 0 Å². The van der Waals surface area contributed by atoms with E-state index in [2.05, 4.69) is 20.1 Å². The van der Waals surface area contributed by atoms with E-state index in [-0.39, 0.29) is 28.8 Å². The minimum Gasteiger partial charge on any atom is -0.483 e. The van der Waals surface area contributed by atoms with Crippen LogP contribution in [0.25, 0.3) is 0 Å². The molecule has 0 spiro atoms. The van der Waals surface area contributed by atoms with E-state index in [1.807, 2.05) is 0 Å². The molecule has 0 aliphatic heterocycles. The van der Waals surface area contributed by atoms with Crippen LogP contribution in [0.15, 0.2) is 46.7 Å². The summed E-state index contributed by atoms with van der Waals surface area (Å²) in [6.45, 7) is -0.180. The summed E-state index contributed by atoms with van der Waals surface area (Å²) in [4.78, 5) is -0.00580. The molecule has 0 radical (unpaired) electrons. The van der Waals surface area contributed by atoms with Crippen LogP contribution in [0.5, 0.6) is 5.75 Å². The Morgan fingerprint density at radius 3 is 2.90 bits per heavy atom. The standard InChI is InChI=1S/C11H13N5O4S/c12-11(15-17)7-20-10-4-2-1-3-9(10)16-21(18,19)8-5-13-14-6-8/h1-6,16-17H,7H2,(H2,12,15)(H,13,14). The van der Waals surface area contributed by atoms with Gasteiger partial charge in [0.15, 0.2) is 5.84 Å². The maximum absolute atomic E-state index is 12.1. The van der Waals surface area contributed by atoms with Gasteiger partial charge in [-0.2, -0.15) is 5.10 Å². The lowest BCUT2D eigenvalue weighted by Crippen LogP contribution is -2.21. The second-order valence-electron chi connectivity index (χ2n) is 3.92. The van der Waals surface area contributed by atoms with Gasteiger partial charge in [0.25, 0.3) is 10.0 Å². The maximum atomic E-state index is 12.1. The zero-order valence-electron chi connectivity index (χ0n) is 10.7. The highest BCUT2D eigenvalue weighted by Crippen LogP contribution is 2.26. The van der Waals surface area contributed by atoms with Crippen molar-refractivity contribution < 1.29 is 18.4 Å². The van der Waals surface area contributed by atoms with Gasteiger partial charge in [-0.3, -0.25) is 9.82 Å². The van der Waals surface area contributed by atoms with Crippen molar-refractivity contribution in [3.8, 4) is 5.75 Å². The second kappa shape index (κ2) is 6.13. The maximum Gasteiger partial charge on any atom is 0.265 e. The molecule has 21 heavy (non-hydrogen) atoms. The number of sulfonamides is 1. The number of ether oxygens (including phenoxy) is 1. The Hall–Kier alpha value is -2.75. The van der Waals surface area contributed by atoms with E-state index in [1.54, 1.807) is 18.2 Å². The van der Waals surface area contributed by atoms with Crippen LogP contribution >= 0.6 is 0 Å². The van der Waals surface area contributed by atoms with Crippen molar-refractivity contribution in [3.63, 3.8) is 0 Å². The third-order valence-corrected chi connectivity index (χ3v) is 3.75. The van der Waals surface area contributed by atoms with Gasteiger partial charge in [0.2, 0.25) is 0 Å². The first kappa shape index (κ1) is 14.7. The quantitative estimate of drug-likeness (QED) is 0.262. The van der Waals surface area contributed by atoms with Gasteiger partial charge in [-0.25, -0.2) is 8.42 Å². The number of rotatable bonds is 6. The summed E-state index contributed by atoms with van der Waals surface area (Å²) in [5.74, 6) is 0.110. The van der Waals surface area contributed by atoms with Gasteiger partial charge < -0.3 is 15.7 Å². The highest BCUT2D eigenvalue weighted by atomic mass is 32.2. The molecule has 0 unspecified atom stereocenters. The number of aromatic nitrogens is 2. The lowest BCUT2D eigenvalue weighted by Gasteiger charge is -2.12. The number of oxime groups is 1. The van der Waals surface area contributed by atoms with E-state index in [0.29, 0.717) is 0 Å². The largest absolute Gasteiger partial charge is 0.483 e. The van der Waals surface area contributed by atoms with Crippen LogP contribution in [0.3, 0.4) is 0 Å². The topological polar surface area (TPSA) is 143 Å². The molecule has 0 aliphatic rings. The van der Waals surface area contributed by atoms with Crippen molar-refractivity contribution in [2.45, 2.75) is 4.90 Å². The Bertz CT molecular complexity index is 727. The lowest BCUT2D eigenvalue weighted by atomic mass is 10.3. The number of nitrogens with two attached hydrogens (primary N) is 1. The molecule has 1 aromatic carbocycles. The molecule has 0 atom stereocenters. The van der Waals surface area contributed by atoms with Crippen LogP contribution in [-0.4, -0.2) is 36.3 Å². The van der Waals surface area contributed by atoms with Gasteiger partial charge in [-0.15, -0.1) is 0 Å². The fourth-order valence-corrected chi connectivity index (χ4v) is 2.42. The van der Waals surface area contributed by atoms with E-state index >= 15 is 0 Å². The van der Waals surface area contributed by atoms with Crippen molar-refractivity contribution in [3.05, 3.63) is 36.7 Å². The Morgan fingerprint density at radius 2 is 2.24 bits per heavy atom. The summed E-state index contributed by atoms with van der Waals surface area (Å²) < 4.78 is 31.9. The number of para-hydroxylation sites is 2. The van der Waals surface area contributed by atoms with Crippen molar-refractivity contribution in [2.75, 3.05) is 11.3 Å². The van der Waals surface area contributed by atoms with Gasteiger partial charge in [0.05, 0.1) is 11.9 Å². The van der Waals surface area contributed by atoms with Crippen molar-refractivity contribution >= 4 is 21.5 Å². The van der Waals surface area contributed by atoms with Crippen LogP contribution in [0.4, 0.5) is 5.69 Å². The molecule has 0 saturated carbocycles. The summed E-state index contributed by atoms with van der Waals surface area (Å²) >= 11 is 0. The summed E-state index contributed by atoms with van der Waals surface area (Å²) in [7, 11) is -3.77. The van der Waals surface area contributed by atoms with Gasteiger partial charge in [0.1, 0.15) is 17.3 Å². The molecule has 0 amide bonds. The molecule has 10 heteroatoms. The smallest absolute Gasteiger partial charge is 0.265 e. The predicted molar refractivity (Wildman–Crippen MR) is 74.7 cm³/mol. The predicted octanol–water partition coefficient (Wildman–Crippen LogP) is 0.336. The molecule has 0 aliphatic carbocycles. The average molecular weight is 311 g/mol. The lowest BCUT2D eigenvalue weighted by molar-refractivity contribution is 0.306. The highest BCUT2D eigenvalue weighted by Gasteiger charge is 2.17. The van der Waals surface area contributed by atoms with E-state index < -0.39 is 10.0 Å². The van der Waals surface area contributed by atoms with Crippen LogP contribution in [0.2, 0.25) is 0 Å². The first-order valence-corrected chi connectivity index (χ1v) is 7.21. The minimum absolute atomic E-state index is 0.00580. The van der Waals surface area contributed by atoms with Crippen LogP contribution in [0.1, 0.15) is 0 Å². The Labute approximate surface area is 120 Å². The highest BCUT2D eigenvalue weighted by molar-refractivity contribution is 7.92. The molecule has 0 saturated heterocycles. The Balaban J connectivity index is 2.21. The van der Waals surface area contributed by atoms with E-state index in [9.17, 15) is 8.42 Å². The summed E-state index contributed by atoms with van der Waals surface area (Å²) in [5.41, 5.74) is 5.53. The van der Waals surface area contributed by atoms with Crippen LogP contribution < -0.4 is 15.2 Å². The molecule has 112 valence electrons. The van der Waals surface area contributed by atoms with Crippen molar-refractivity contribution in [2.24, 2.45) is 10.9 Å². The number of nitrogens with zero attached hydrogens (tertiary/aromatic N) is 2. The van der Waals surface area contributed by atoms with Gasteiger partial charge in [0, 0.05) is 6.20 Å². The first-order chi connectivity index (χ1) is 10.0. The van der Waals surface area contributed by atoms with E-state index in [4.69, 9.17) is 15.7 Å². The normalized spacial score (nSPS) is 12.1. The number of H-pyrrole nitrogens is 1. The first-order valence-electron chi connectivity index (χ1n) is 5.73. The Kier molecular flexibility index (Phi) is 4.28. The summed E-state index contributed by atoms with van der Waals surface area (Å²) in [5, 5.41) is 17.2.